The molecule has 1 aliphatic heterocycles. The first-order valence-electron chi connectivity index (χ1n) is 11.2. The zero-order valence-electron chi connectivity index (χ0n) is 18.0. The fourth-order valence-corrected chi connectivity index (χ4v) is 5.94. The molecular formula is C26H24N4OS. The van der Waals surface area contributed by atoms with Crippen LogP contribution in [0.15, 0.2) is 60.0 Å². The van der Waals surface area contributed by atoms with Crippen LogP contribution in [0.5, 0.6) is 5.75 Å². The van der Waals surface area contributed by atoms with Gasteiger partial charge in [-0.3, -0.25) is 5.43 Å². The number of nitrogens with one attached hydrogen (secondary N) is 1. The van der Waals surface area contributed by atoms with E-state index >= 15 is 0 Å². The lowest BCUT2D eigenvalue weighted by Crippen LogP contribution is -2.22. The molecule has 4 aromatic rings. The molecule has 1 atom stereocenters. The van der Waals surface area contributed by atoms with Gasteiger partial charge in [-0.25, -0.2) is 9.97 Å². The molecule has 5 nitrogen and oxygen atoms in total. The van der Waals surface area contributed by atoms with Crippen molar-refractivity contribution in [3.05, 3.63) is 82.0 Å². The van der Waals surface area contributed by atoms with Crippen LogP contribution in [-0.2, 0) is 12.8 Å². The van der Waals surface area contributed by atoms with E-state index in [-0.39, 0.29) is 6.10 Å². The molecule has 1 N–H and O–H groups in total. The van der Waals surface area contributed by atoms with Gasteiger partial charge in [-0.2, -0.15) is 5.10 Å². The summed E-state index contributed by atoms with van der Waals surface area (Å²) in [5.74, 6) is 1.68. The molecule has 3 heterocycles. The molecular weight excluding hydrogens is 416 g/mol. The van der Waals surface area contributed by atoms with Crippen molar-refractivity contribution in [1.29, 1.82) is 0 Å². The number of fused-ring (bicyclic) bond motifs is 4. The summed E-state index contributed by atoms with van der Waals surface area (Å²) in [6.45, 7) is 2.10. The van der Waals surface area contributed by atoms with Gasteiger partial charge >= 0.3 is 0 Å². The molecule has 6 heteroatoms. The van der Waals surface area contributed by atoms with Gasteiger partial charge in [0.15, 0.2) is 5.82 Å². The number of rotatable bonds is 3. The summed E-state index contributed by atoms with van der Waals surface area (Å²) < 4.78 is 6.35. The van der Waals surface area contributed by atoms with Gasteiger partial charge in [0.25, 0.3) is 0 Å². The van der Waals surface area contributed by atoms with Crippen LogP contribution < -0.4 is 10.2 Å². The van der Waals surface area contributed by atoms with Crippen molar-refractivity contribution >= 4 is 33.1 Å². The number of ether oxygens (including phenoxy) is 1. The van der Waals surface area contributed by atoms with E-state index in [4.69, 9.17) is 9.84 Å². The number of aromatic nitrogens is 2. The average molecular weight is 441 g/mol. The number of anilines is 1. The molecule has 6 rings (SSSR count). The van der Waals surface area contributed by atoms with E-state index in [0.29, 0.717) is 6.42 Å². The Labute approximate surface area is 191 Å². The highest BCUT2D eigenvalue weighted by Crippen LogP contribution is 2.39. The van der Waals surface area contributed by atoms with Crippen LogP contribution in [0, 0.1) is 6.92 Å². The van der Waals surface area contributed by atoms with Crippen LogP contribution in [0.25, 0.3) is 10.2 Å². The molecule has 32 heavy (non-hydrogen) atoms. The van der Waals surface area contributed by atoms with Crippen molar-refractivity contribution in [3.8, 4) is 5.75 Å². The van der Waals surface area contributed by atoms with Crippen molar-refractivity contribution < 1.29 is 4.74 Å². The molecule has 160 valence electrons. The van der Waals surface area contributed by atoms with Gasteiger partial charge in [-0.1, -0.05) is 42.0 Å². The Morgan fingerprint density at radius 3 is 2.84 bits per heavy atom. The number of benzene rings is 2. The molecule has 0 unspecified atom stereocenters. The van der Waals surface area contributed by atoms with Gasteiger partial charge in [0.2, 0.25) is 0 Å². The zero-order valence-corrected chi connectivity index (χ0v) is 18.8. The summed E-state index contributed by atoms with van der Waals surface area (Å²) in [5.41, 5.74) is 9.10. The van der Waals surface area contributed by atoms with Crippen molar-refractivity contribution in [2.75, 3.05) is 5.43 Å². The second-order valence-corrected chi connectivity index (χ2v) is 9.59. The minimum atomic E-state index is -0.0636. The largest absolute Gasteiger partial charge is 0.485 e. The molecule has 0 bridgehead atoms. The van der Waals surface area contributed by atoms with Gasteiger partial charge in [0.1, 0.15) is 23.0 Å². The number of hydrazone groups is 1. The fraction of sp³-hybridized carbons (Fsp3) is 0.269. The Kier molecular flexibility index (Phi) is 4.87. The maximum Gasteiger partial charge on any atom is 0.158 e. The number of nitrogens with zero attached hydrogens (tertiary/aromatic N) is 3. The van der Waals surface area contributed by atoms with Gasteiger partial charge < -0.3 is 4.74 Å². The van der Waals surface area contributed by atoms with Crippen LogP contribution in [0.4, 0.5) is 5.82 Å². The SMILES string of the molecule is Cc1ccc2c(c1)/C(=N\Nc1ncnc3sc4c(c13)CCCC4)C[C@H](c1ccccc1)O2. The fourth-order valence-electron chi connectivity index (χ4n) is 4.71. The van der Waals surface area contributed by atoms with Crippen LogP contribution in [0.3, 0.4) is 0 Å². The highest BCUT2D eigenvalue weighted by molar-refractivity contribution is 7.19. The summed E-state index contributed by atoms with van der Waals surface area (Å²) in [6.07, 6.45) is 7.00. The molecule has 2 aliphatic rings. The van der Waals surface area contributed by atoms with E-state index < -0.39 is 0 Å². The first-order valence-corrected chi connectivity index (χ1v) is 12.0. The molecule has 0 saturated carbocycles. The Morgan fingerprint density at radius 1 is 1.06 bits per heavy atom. The van der Waals surface area contributed by atoms with Gasteiger partial charge in [-0.05, 0) is 55.9 Å². The summed E-state index contributed by atoms with van der Waals surface area (Å²) in [7, 11) is 0. The second kappa shape index (κ2) is 8.02. The van der Waals surface area contributed by atoms with Crippen molar-refractivity contribution in [2.24, 2.45) is 5.10 Å². The zero-order chi connectivity index (χ0) is 21.5. The topological polar surface area (TPSA) is 59.4 Å². The van der Waals surface area contributed by atoms with E-state index in [1.807, 2.05) is 12.1 Å². The highest BCUT2D eigenvalue weighted by Gasteiger charge is 2.27. The van der Waals surface area contributed by atoms with E-state index in [0.717, 1.165) is 51.5 Å². The summed E-state index contributed by atoms with van der Waals surface area (Å²) in [6, 6.07) is 16.6. The molecule has 0 saturated heterocycles. The van der Waals surface area contributed by atoms with Crippen LogP contribution in [-0.4, -0.2) is 15.7 Å². The number of hydrogen-bond acceptors (Lipinski definition) is 6. The Hall–Kier alpha value is -3.25. The third-order valence-electron chi connectivity index (χ3n) is 6.31. The molecule has 0 fully saturated rings. The lowest BCUT2D eigenvalue weighted by molar-refractivity contribution is 0.206. The molecule has 0 amide bonds. The van der Waals surface area contributed by atoms with E-state index in [1.54, 1.807) is 17.7 Å². The second-order valence-electron chi connectivity index (χ2n) is 8.50. The van der Waals surface area contributed by atoms with Crippen LogP contribution in [0.2, 0.25) is 0 Å². The van der Waals surface area contributed by atoms with E-state index in [9.17, 15) is 0 Å². The smallest absolute Gasteiger partial charge is 0.158 e. The minimum Gasteiger partial charge on any atom is -0.485 e. The number of aryl methyl sites for hydroxylation is 3. The van der Waals surface area contributed by atoms with Gasteiger partial charge in [0.05, 0.1) is 11.1 Å². The third kappa shape index (κ3) is 3.45. The van der Waals surface area contributed by atoms with E-state index in [1.165, 1.54) is 28.8 Å². The number of thiophene rings is 1. The molecule has 0 spiro atoms. The Morgan fingerprint density at radius 2 is 1.94 bits per heavy atom. The summed E-state index contributed by atoms with van der Waals surface area (Å²) in [5, 5.41) is 6.04. The molecule has 0 radical (unpaired) electrons. The van der Waals surface area contributed by atoms with Crippen molar-refractivity contribution in [3.63, 3.8) is 0 Å². The standard InChI is InChI=1S/C26H24N4OS/c1-16-11-12-21-19(13-16)20(14-22(31-21)17-7-3-2-4-8-17)29-30-25-24-18-9-5-6-10-23(18)32-26(24)28-15-27-25/h2-4,7-8,11-13,15,22H,5-6,9-10,14H2,1H3,(H,27,28,30)/b29-20-/t22-/m1/s1. The lowest BCUT2D eigenvalue weighted by atomic mass is 9.94. The maximum absolute atomic E-state index is 6.35. The summed E-state index contributed by atoms with van der Waals surface area (Å²) >= 11 is 1.80. The van der Waals surface area contributed by atoms with Gasteiger partial charge in [0, 0.05) is 16.9 Å². The van der Waals surface area contributed by atoms with Crippen molar-refractivity contribution in [2.45, 2.75) is 45.1 Å². The van der Waals surface area contributed by atoms with Crippen LogP contribution in [0.1, 0.15) is 52.5 Å². The Bertz CT molecular complexity index is 1330. The normalized spacial score (nSPS) is 18.8. The average Bonchev–Trinajstić information content (AvgIpc) is 3.22. The number of hydrogen-bond donors (Lipinski definition) is 1. The molecule has 2 aromatic carbocycles. The summed E-state index contributed by atoms with van der Waals surface area (Å²) in [4.78, 5) is 11.6. The quantitative estimate of drug-likeness (QED) is 0.384. The van der Waals surface area contributed by atoms with Crippen LogP contribution >= 0.6 is 11.3 Å². The van der Waals surface area contributed by atoms with Gasteiger partial charge in [-0.15, -0.1) is 11.3 Å². The van der Waals surface area contributed by atoms with Crippen molar-refractivity contribution in [1.82, 2.24) is 9.97 Å². The monoisotopic (exact) mass is 440 g/mol. The lowest BCUT2D eigenvalue weighted by Gasteiger charge is -2.28. The van der Waals surface area contributed by atoms with E-state index in [2.05, 4.69) is 58.7 Å². The molecule has 1 aliphatic carbocycles. The first kappa shape index (κ1) is 19.4. The third-order valence-corrected chi connectivity index (χ3v) is 7.51. The first-order chi connectivity index (χ1) is 15.8. The molecule has 2 aromatic heterocycles. The predicted octanol–water partition coefficient (Wildman–Crippen LogP) is 6.22. The Balaban J connectivity index is 1.40. The maximum atomic E-state index is 6.35. The minimum absolute atomic E-state index is 0.0636. The predicted molar refractivity (Wildman–Crippen MR) is 130 cm³/mol. The highest BCUT2D eigenvalue weighted by atomic mass is 32.1.